The van der Waals surface area contributed by atoms with Crippen LogP contribution in [0.25, 0.3) is 0 Å². The van der Waals surface area contributed by atoms with Crippen molar-refractivity contribution in [2.24, 2.45) is 0 Å². The van der Waals surface area contributed by atoms with Crippen LogP contribution in [-0.2, 0) is 9.59 Å². The van der Waals surface area contributed by atoms with Crippen LogP contribution in [0.3, 0.4) is 0 Å². The normalized spacial score (nSPS) is 13.2. The first-order chi connectivity index (χ1) is 17.6. The molecule has 7 heteroatoms. The van der Waals surface area contributed by atoms with Crippen LogP contribution in [0.4, 0.5) is 17.1 Å². The molecule has 6 nitrogen and oxygen atoms in total. The fourth-order valence-electron chi connectivity index (χ4n) is 3.74. The number of rotatable bonds is 7. The molecule has 2 N–H and O–H groups in total. The molecule has 0 radical (unpaired) electrons. The van der Waals surface area contributed by atoms with Gasteiger partial charge in [0.25, 0.3) is 17.7 Å². The molecule has 0 fully saturated rings. The van der Waals surface area contributed by atoms with Crippen molar-refractivity contribution in [3.63, 3.8) is 0 Å². The summed E-state index contributed by atoms with van der Waals surface area (Å²) in [6.45, 7) is 0. The maximum Gasteiger partial charge on any atom is 0.283 e. The molecule has 0 aromatic heterocycles. The van der Waals surface area contributed by atoms with Gasteiger partial charge in [0.2, 0.25) is 0 Å². The molecule has 0 unspecified atom stereocenters. The number of anilines is 3. The minimum Gasteiger partial charge on any atom is -0.350 e. The number of amides is 3. The highest BCUT2D eigenvalue weighted by molar-refractivity contribution is 8.04. The van der Waals surface area contributed by atoms with Gasteiger partial charge in [0.1, 0.15) is 10.6 Å². The Hall–Kier alpha value is -4.62. The lowest BCUT2D eigenvalue weighted by Gasteiger charge is -2.15. The van der Waals surface area contributed by atoms with E-state index in [1.807, 2.05) is 48.5 Å². The minimum atomic E-state index is -0.425. The van der Waals surface area contributed by atoms with E-state index in [1.165, 1.54) is 16.7 Å². The van der Waals surface area contributed by atoms with Gasteiger partial charge in [0, 0.05) is 21.8 Å². The van der Waals surface area contributed by atoms with Crippen LogP contribution in [0.5, 0.6) is 0 Å². The van der Waals surface area contributed by atoms with Gasteiger partial charge in [-0.05, 0) is 54.6 Å². The van der Waals surface area contributed by atoms with Crippen molar-refractivity contribution in [2.75, 3.05) is 15.5 Å². The maximum atomic E-state index is 13.5. The van der Waals surface area contributed by atoms with Gasteiger partial charge in [-0.1, -0.05) is 72.4 Å². The third-order valence-corrected chi connectivity index (χ3v) is 6.52. The van der Waals surface area contributed by atoms with Gasteiger partial charge in [-0.15, -0.1) is 0 Å². The molecule has 1 aliphatic heterocycles. The number of imide groups is 1. The molecule has 0 spiro atoms. The van der Waals surface area contributed by atoms with E-state index in [1.54, 1.807) is 66.7 Å². The van der Waals surface area contributed by atoms with E-state index in [4.69, 9.17) is 0 Å². The van der Waals surface area contributed by atoms with Gasteiger partial charge in [0.15, 0.2) is 0 Å². The number of carbonyl (C=O) groups is 3. The molecule has 0 atom stereocenters. The Balaban J connectivity index is 1.45. The van der Waals surface area contributed by atoms with Gasteiger partial charge in [-0.3, -0.25) is 14.4 Å². The van der Waals surface area contributed by atoms with E-state index >= 15 is 0 Å². The van der Waals surface area contributed by atoms with Crippen LogP contribution < -0.4 is 15.5 Å². The van der Waals surface area contributed by atoms with Crippen molar-refractivity contribution >= 4 is 46.5 Å². The number of nitrogens with one attached hydrogen (secondary N) is 2. The summed E-state index contributed by atoms with van der Waals surface area (Å²) in [7, 11) is 0. The topological polar surface area (TPSA) is 78.5 Å². The maximum absolute atomic E-state index is 13.5. The predicted octanol–water partition coefficient (Wildman–Crippen LogP) is 5.93. The van der Waals surface area contributed by atoms with Gasteiger partial charge >= 0.3 is 0 Å². The molecule has 4 aromatic carbocycles. The second kappa shape index (κ2) is 10.3. The molecule has 0 saturated carbocycles. The molecule has 3 amide bonds. The van der Waals surface area contributed by atoms with E-state index in [0.29, 0.717) is 27.5 Å². The van der Waals surface area contributed by atoms with Crippen molar-refractivity contribution < 1.29 is 14.4 Å². The second-order valence-electron chi connectivity index (χ2n) is 7.93. The number of hydrogen-bond donors (Lipinski definition) is 2. The highest BCUT2D eigenvalue weighted by Crippen LogP contribution is 2.38. The number of hydrogen-bond acceptors (Lipinski definition) is 5. The van der Waals surface area contributed by atoms with Crippen LogP contribution in [0.2, 0.25) is 0 Å². The summed E-state index contributed by atoms with van der Waals surface area (Å²) in [5, 5.41) is 6.02. The van der Waals surface area contributed by atoms with Crippen LogP contribution >= 0.6 is 11.8 Å². The van der Waals surface area contributed by atoms with E-state index in [9.17, 15) is 14.4 Å². The second-order valence-corrected chi connectivity index (χ2v) is 9.01. The first-order valence-electron chi connectivity index (χ1n) is 11.2. The summed E-state index contributed by atoms with van der Waals surface area (Å²) in [5.74, 6) is -1.06. The standard InChI is InChI=1S/C29H21N3O3S/c33-27(20-11-4-1-5-12-20)31-22-15-10-18-24(19-22)36-26-25(30-21-13-6-2-7-14-21)28(34)32(29(26)35)23-16-8-3-9-17-23/h1-19,30H,(H,31,33). The predicted molar refractivity (Wildman–Crippen MR) is 143 cm³/mol. The average Bonchev–Trinajstić information content (AvgIpc) is 3.14. The third kappa shape index (κ3) is 4.92. The Morgan fingerprint density at radius 1 is 0.667 bits per heavy atom. The number of benzene rings is 4. The fraction of sp³-hybridized carbons (Fsp3) is 0. The number of carbonyl (C=O) groups excluding carboxylic acids is 3. The first kappa shape index (κ1) is 23.1. The number of thioether (sulfide) groups is 1. The smallest absolute Gasteiger partial charge is 0.283 e. The summed E-state index contributed by atoms with van der Waals surface area (Å²) in [4.78, 5) is 41.6. The lowest BCUT2D eigenvalue weighted by Crippen LogP contribution is -2.32. The third-order valence-electron chi connectivity index (χ3n) is 5.45. The molecule has 176 valence electrons. The van der Waals surface area contributed by atoms with Crippen molar-refractivity contribution in [3.8, 4) is 0 Å². The molecule has 1 heterocycles. The Morgan fingerprint density at radius 2 is 1.28 bits per heavy atom. The highest BCUT2D eigenvalue weighted by Gasteiger charge is 2.40. The molecule has 1 aliphatic rings. The summed E-state index contributed by atoms with van der Waals surface area (Å²) < 4.78 is 0. The number of nitrogens with zero attached hydrogens (tertiary/aromatic N) is 1. The largest absolute Gasteiger partial charge is 0.350 e. The number of para-hydroxylation sites is 2. The molecule has 4 aromatic rings. The summed E-state index contributed by atoms with van der Waals surface area (Å²) in [6, 6.07) is 34.2. The summed E-state index contributed by atoms with van der Waals surface area (Å²) in [5.41, 5.74) is 2.54. The van der Waals surface area contributed by atoms with Gasteiger partial charge in [-0.2, -0.15) is 0 Å². The van der Waals surface area contributed by atoms with Crippen molar-refractivity contribution in [1.82, 2.24) is 0 Å². The van der Waals surface area contributed by atoms with Crippen molar-refractivity contribution in [3.05, 3.63) is 131 Å². The molecule has 0 bridgehead atoms. The average molecular weight is 492 g/mol. The summed E-state index contributed by atoms with van der Waals surface area (Å²) in [6.07, 6.45) is 0. The van der Waals surface area contributed by atoms with Crippen LogP contribution in [0, 0.1) is 0 Å². The Morgan fingerprint density at radius 3 is 1.97 bits per heavy atom. The zero-order valence-electron chi connectivity index (χ0n) is 19.0. The van der Waals surface area contributed by atoms with E-state index in [-0.39, 0.29) is 16.5 Å². The molecule has 0 aliphatic carbocycles. The molecule has 36 heavy (non-hydrogen) atoms. The Bertz CT molecular complexity index is 1460. The Labute approximate surface area is 212 Å². The van der Waals surface area contributed by atoms with E-state index < -0.39 is 11.8 Å². The highest BCUT2D eigenvalue weighted by atomic mass is 32.2. The van der Waals surface area contributed by atoms with Gasteiger partial charge in [0.05, 0.1) is 5.69 Å². The van der Waals surface area contributed by atoms with E-state index in [2.05, 4.69) is 10.6 Å². The lowest BCUT2D eigenvalue weighted by molar-refractivity contribution is -0.120. The fourth-order valence-corrected chi connectivity index (χ4v) is 4.73. The summed E-state index contributed by atoms with van der Waals surface area (Å²) >= 11 is 1.18. The molecular weight excluding hydrogens is 470 g/mol. The zero-order chi connectivity index (χ0) is 24.9. The Kier molecular flexibility index (Phi) is 6.64. The van der Waals surface area contributed by atoms with E-state index in [0.717, 1.165) is 0 Å². The molecule has 5 rings (SSSR count). The van der Waals surface area contributed by atoms with Crippen LogP contribution in [-0.4, -0.2) is 17.7 Å². The SMILES string of the molecule is O=C(Nc1cccc(SC2=C(Nc3ccccc3)C(=O)N(c3ccccc3)C2=O)c1)c1ccccc1. The monoisotopic (exact) mass is 491 g/mol. The zero-order valence-corrected chi connectivity index (χ0v) is 19.9. The minimum absolute atomic E-state index is 0.207. The van der Waals surface area contributed by atoms with Crippen LogP contribution in [0.15, 0.2) is 131 Å². The molecular formula is C29H21N3O3S. The van der Waals surface area contributed by atoms with Gasteiger partial charge < -0.3 is 10.6 Å². The lowest BCUT2D eigenvalue weighted by atomic mass is 10.2. The van der Waals surface area contributed by atoms with Crippen molar-refractivity contribution in [1.29, 1.82) is 0 Å². The van der Waals surface area contributed by atoms with Crippen molar-refractivity contribution in [2.45, 2.75) is 4.90 Å². The quantitative estimate of drug-likeness (QED) is 0.314. The molecule has 0 saturated heterocycles. The van der Waals surface area contributed by atoms with Gasteiger partial charge in [-0.25, -0.2) is 4.90 Å². The van der Waals surface area contributed by atoms with Crippen LogP contribution in [0.1, 0.15) is 10.4 Å². The first-order valence-corrected chi connectivity index (χ1v) is 12.1.